The van der Waals surface area contributed by atoms with E-state index in [9.17, 15) is 5.11 Å². The molecular weight excluding hydrogens is 168 g/mol. The van der Waals surface area contributed by atoms with Gasteiger partial charge in [0.1, 0.15) is 0 Å². The maximum absolute atomic E-state index is 9.84. The number of thiol groups is 1. The zero-order valence-electron chi connectivity index (χ0n) is 7.88. The topological polar surface area (TPSA) is 20.2 Å². The van der Waals surface area contributed by atoms with Crippen LogP contribution in [0.2, 0.25) is 0 Å². The van der Waals surface area contributed by atoms with Crippen LogP contribution in [0, 0.1) is 5.92 Å². The van der Waals surface area contributed by atoms with Crippen molar-refractivity contribution in [2.24, 2.45) is 5.92 Å². The van der Waals surface area contributed by atoms with Crippen molar-refractivity contribution in [2.45, 2.75) is 44.0 Å². The summed E-state index contributed by atoms with van der Waals surface area (Å²) in [7, 11) is 0. The Hall–Kier alpha value is 0.0500. The van der Waals surface area contributed by atoms with Crippen LogP contribution in [0.3, 0.4) is 0 Å². The SMILES string of the molecule is C=C(C)[C@H]1CC[C@@](C)(O)[C@H](S)C1. The zero-order chi connectivity index (χ0) is 9.35. The maximum atomic E-state index is 9.84. The molecule has 0 saturated heterocycles. The van der Waals surface area contributed by atoms with E-state index >= 15 is 0 Å². The number of hydrogen-bond acceptors (Lipinski definition) is 2. The number of allylic oxidation sites excluding steroid dienone is 1. The second-order valence-corrected chi connectivity index (χ2v) is 4.81. The van der Waals surface area contributed by atoms with E-state index in [1.165, 1.54) is 5.57 Å². The average Bonchev–Trinajstić information content (AvgIpc) is 1.94. The van der Waals surface area contributed by atoms with Crippen molar-refractivity contribution in [2.75, 3.05) is 0 Å². The summed E-state index contributed by atoms with van der Waals surface area (Å²) in [6.45, 7) is 7.88. The third-order valence-corrected chi connectivity index (χ3v) is 3.69. The van der Waals surface area contributed by atoms with Gasteiger partial charge >= 0.3 is 0 Å². The molecule has 0 spiro atoms. The summed E-state index contributed by atoms with van der Waals surface area (Å²) in [5.41, 5.74) is 0.652. The quantitative estimate of drug-likeness (QED) is 0.476. The van der Waals surface area contributed by atoms with Crippen LogP contribution in [0.4, 0.5) is 0 Å². The van der Waals surface area contributed by atoms with E-state index in [0.717, 1.165) is 19.3 Å². The summed E-state index contributed by atoms with van der Waals surface area (Å²) in [5.74, 6) is 0.563. The Labute approximate surface area is 80.3 Å². The van der Waals surface area contributed by atoms with Gasteiger partial charge in [-0.05, 0) is 39.0 Å². The molecule has 1 rings (SSSR count). The molecule has 1 N–H and O–H groups in total. The summed E-state index contributed by atoms with van der Waals surface area (Å²) in [6, 6.07) is 0. The standard InChI is InChI=1S/C10H18OS/c1-7(2)8-4-5-10(3,11)9(12)6-8/h8-9,11-12H,1,4-6H2,2-3H3/t8-,9+,10+/m0/s1. The third kappa shape index (κ3) is 2.05. The van der Waals surface area contributed by atoms with Gasteiger partial charge < -0.3 is 5.11 Å². The van der Waals surface area contributed by atoms with Crippen LogP contribution in [0.25, 0.3) is 0 Å². The van der Waals surface area contributed by atoms with Gasteiger partial charge in [0, 0.05) is 5.25 Å². The minimum Gasteiger partial charge on any atom is -0.389 e. The van der Waals surface area contributed by atoms with Gasteiger partial charge in [0.2, 0.25) is 0 Å². The first-order valence-electron chi connectivity index (χ1n) is 4.49. The van der Waals surface area contributed by atoms with E-state index in [4.69, 9.17) is 0 Å². The Balaban J connectivity index is 2.58. The largest absolute Gasteiger partial charge is 0.389 e. The first-order chi connectivity index (χ1) is 5.43. The van der Waals surface area contributed by atoms with Crippen LogP contribution in [0.5, 0.6) is 0 Å². The van der Waals surface area contributed by atoms with Crippen LogP contribution in [0.1, 0.15) is 33.1 Å². The van der Waals surface area contributed by atoms with Gasteiger partial charge in [0.25, 0.3) is 0 Å². The fourth-order valence-electron chi connectivity index (χ4n) is 1.72. The lowest BCUT2D eigenvalue weighted by Gasteiger charge is -2.38. The Kier molecular flexibility index (Phi) is 2.89. The van der Waals surface area contributed by atoms with Crippen molar-refractivity contribution in [3.8, 4) is 0 Å². The van der Waals surface area contributed by atoms with Crippen molar-refractivity contribution < 1.29 is 5.11 Å². The van der Waals surface area contributed by atoms with Gasteiger partial charge in [-0.1, -0.05) is 12.2 Å². The molecule has 1 saturated carbocycles. The molecule has 0 heterocycles. The molecule has 0 aliphatic heterocycles. The van der Waals surface area contributed by atoms with Gasteiger partial charge in [-0.15, -0.1) is 0 Å². The molecule has 1 aliphatic carbocycles. The first-order valence-corrected chi connectivity index (χ1v) is 5.01. The fourth-order valence-corrected chi connectivity index (χ4v) is 2.11. The molecule has 0 aromatic heterocycles. The number of rotatable bonds is 1. The number of hydrogen-bond donors (Lipinski definition) is 2. The molecule has 0 radical (unpaired) electrons. The van der Waals surface area contributed by atoms with Crippen molar-refractivity contribution >= 4 is 12.6 Å². The molecule has 2 heteroatoms. The minimum absolute atomic E-state index is 0.105. The first kappa shape index (κ1) is 10.1. The second kappa shape index (κ2) is 3.43. The lowest BCUT2D eigenvalue weighted by Crippen LogP contribution is -2.41. The van der Waals surface area contributed by atoms with Gasteiger partial charge in [0.15, 0.2) is 0 Å². The fraction of sp³-hybridized carbons (Fsp3) is 0.800. The molecule has 1 nitrogen and oxygen atoms in total. The van der Waals surface area contributed by atoms with Crippen LogP contribution in [-0.2, 0) is 0 Å². The molecule has 70 valence electrons. The van der Waals surface area contributed by atoms with E-state index in [1.54, 1.807) is 0 Å². The Morgan fingerprint density at radius 2 is 2.25 bits per heavy atom. The normalized spacial score (nSPS) is 42.7. The van der Waals surface area contributed by atoms with E-state index in [2.05, 4.69) is 26.1 Å². The Morgan fingerprint density at radius 1 is 1.67 bits per heavy atom. The predicted molar refractivity (Wildman–Crippen MR) is 55.6 cm³/mol. The Morgan fingerprint density at radius 3 is 2.67 bits per heavy atom. The average molecular weight is 186 g/mol. The highest BCUT2D eigenvalue weighted by atomic mass is 32.1. The number of aliphatic hydroxyl groups is 1. The molecule has 0 aromatic rings. The highest BCUT2D eigenvalue weighted by Gasteiger charge is 2.36. The summed E-state index contributed by atoms with van der Waals surface area (Å²) >= 11 is 4.40. The molecule has 0 bridgehead atoms. The third-order valence-electron chi connectivity index (χ3n) is 2.92. The summed E-state index contributed by atoms with van der Waals surface area (Å²) in [5, 5.41) is 9.94. The highest BCUT2D eigenvalue weighted by molar-refractivity contribution is 7.81. The molecule has 12 heavy (non-hydrogen) atoms. The summed E-state index contributed by atoms with van der Waals surface area (Å²) in [6.07, 6.45) is 2.86. The van der Waals surface area contributed by atoms with Crippen molar-refractivity contribution in [3.63, 3.8) is 0 Å². The molecular formula is C10H18OS. The van der Waals surface area contributed by atoms with E-state index in [1.807, 2.05) is 6.92 Å². The minimum atomic E-state index is -0.574. The summed E-state index contributed by atoms with van der Waals surface area (Å²) < 4.78 is 0. The van der Waals surface area contributed by atoms with Gasteiger partial charge in [-0.3, -0.25) is 0 Å². The molecule has 0 unspecified atom stereocenters. The van der Waals surface area contributed by atoms with Crippen LogP contribution in [-0.4, -0.2) is 16.0 Å². The molecule has 0 amide bonds. The van der Waals surface area contributed by atoms with E-state index < -0.39 is 5.60 Å². The zero-order valence-corrected chi connectivity index (χ0v) is 8.77. The molecule has 1 fully saturated rings. The van der Waals surface area contributed by atoms with Crippen LogP contribution >= 0.6 is 12.6 Å². The van der Waals surface area contributed by atoms with Crippen molar-refractivity contribution in [1.82, 2.24) is 0 Å². The smallest absolute Gasteiger partial charge is 0.0735 e. The van der Waals surface area contributed by atoms with Crippen LogP contribution in [0.15, 0.2) is 12.2 Å². The molecule has 0 aromatic carbocycles. The van der Waals surface area contributed by atoms with Gasteiger partial charge in [-0.25, -0.2) is 0 Å². The van der Waals surface area contributed by atoms with Crippen LogP contribution < -0.4 is 0 Å². The Bertz CT molecular complexity index is 186. The van der Waals surface area contributed by atoms with Crippen molar-refractivity contribution in [3.05, 3.63) is 12.2 Å². The monoisotopic (exact) mass is 186 g/mol. The van der Waals surface area contributed by atoms with E-state index in [-0.39, 0.29) is 5.25 Å². The lowest BCUT2D eigenvalue weighted by atomic mass is 9.77. The van der Waals surface area contributed by atoms with Gasteiger partial charge in [-0.2, -0.15) is 12.6 Å². The van der Waals surface area contributed by atoms with Crippen molar-refractivity contribution in [1.29, 1.82) is 0 Å². The highest BCUT2D eigenvalue weighted by Crippen LogP contribution is 2.37. The maximum Gasteiger partial charge on any atom is 0.0735 e. The lowest BCUT2D eigenvalue weighted by molar-refractivity contribution is 0.0200. The molecule has 3 atom stereocenters. The van der Waals surface area contributed by atoms with E-state index in [0.29, 0.717) is 5.92 Å². The second-order valence-electron chi connectivity index (χ2n) is 4.19. The van der Waals surface area contributed by atoms with Gasteiger partial charge in [0.05, 0.1) is 5.60 Å². The molecule has 1 aliphatic rings. The summed E-state index contributed by atoms with van der Waals surface area (Å²) in [4.78, 5) is 0. The predicted octanol–water partition coefficient (Wildman–Crippen LogP) is 2.41.